The van der Waals surface area contributed by atoms with Gasteiger partial charge in [-0.25, -0.2) is 9.37 Å². The number of nitrogen functional groups attached to an aromatic ring is 1. The zero-order chi connectivity index (χ0) is 18.0. The van der Waals surface area contributed by atoms with Gasteiger partial charge in [0.1, 0.15) is 35.0 Å². The molecule has 3 N–H and O–H groups in total. The number of methoxy groups -OCH3 is 1. The van der Waals surface area contributed by atoms with Crippen LogP contribution in [0.15, 0.2) is 41.1 Å². The summed E-state index contributed by atoms with van der Waals surface area (Å²) in [5.41, 5.74) is 7.71. The first kappa shape index (κ1) is 16.4. The molecule has 8 heteroatoms. The van der Waals surface area contributed by atoms with Gasteiger partial charge in [0, 0.05) is 11.1 Å². The lowest BCUT2D eigenvalue weighted by Crippen LogP contribution is -2.14. The number of amides is 1. The minimum Gasteiger partial charge on any atom is -0.496 e. The van der Waals surface area contributed by atoms with Gasteiger partial charge in [-0.1, -0.05) is 5.16 Å². The second-order valence-electron chi connectivity index (χ2n) is 5.24. The van der Waals surface area contributed by atoms with Crippen LogP contribution in [-0.4, -0.2) is 23.2 Å². The number of nitrogens with zero attached hydrogens (tertiary/aromatic N) is 2. The molecule has 0 aliphatic carbocycles. The number of rotatable bonds is 4. The largest absolute Gasteiger partial charge is 0.496 e. The molecule has 3 rings (SSSR count). The third-order valence-corrected chi connectivity index (χ3v) is 3.61. The third-order valence-electron chi connectivity index (χ3n) is 3.61. The summed E-state index contributed by atoms with van der Waals surface area (Å²) in [7, 11) is 1.48. The van der Waals surface area contributed by atoms with Crippen LogP contribution < -0.4 is 15.8 Å². The van der Waals surface area contributed by atoms with Gasteiger partial charge >= 0.3 is 0 Å². The number of anilines is 2. The lowest BCUT2D eigenvalue weighted by atomic mass is 10.1. The fourth-order valence-corrected chi connectivity index (χ4v) is 2.36. The average Bonchev–Trinajstić information content (AvgIpc) is 3.01. The maximum absolute atomic E-state index is 13.6. The lowest BCUT2D eigenvalue weighted by molar-refractivity contribution is 0.102. The quantitative estimate of drug-likeness (QED) is 0.755. The number of hydrogen-bond acceptors (Lipinski definition) is 6. The SMILES string of the molecule is COc1ccc(F)cc1-c1ccc(NC(=O)c2conc2C)nc1N. The van der Waals surface area contributed by atoms with Gasteiger partial charge in [-0.05, 0) is 37.3 Å². The summed E-state index contributed by atoms with van der Waals surface area (Å²) >= 11 is 0. The van der Waals surface area contributed by atoms with Crippen LogP contribution in [-0.2, 0) is 0 Å². The van der Waals surface area contributed by atoms with Gasteiger partial charge in [-0.3, -0.25) is 4.79 Å². The highest BCUT2D eigenvalue weighted by Gasteiger charge is 2.16. The van der Waals surface area contributed by atoms with E-state index in [1.807, 2.05) is 0 Å². The standard InChI is InChI=1S/C17H15FN4O3/c1-9-13(8-25-22-9)17(23)21-15-6-4-11(16(19)20-15)12-7-10(18)3-5-14(12)24-2/h3-8H,1-2H3,(H3,19,20,21,23). The number of aromatic nitrogens is 2. The van der Waals surface area contributed by atoms with E-state index in [1.54, 1.807) is 19.1 Å². The fourth-order valence-electron chi connectivity index (χ4n) is 2.36. The van der Waals surface area contributed by atoms with Crippen molar-refractivity contribution in [3.8, 4) is 16.9 Å². The van der Waals surface area contributed by atoms with Crippen molar-refractivity contribution in [3.63, 3.8) is 0 Å². The zero-order valence-corrected chi connectivity index (χ0v) is 13.5. The molecule has 0 bridgehead atoms. The molecule has 0 fully saturated rings. The van der Waals surface area contributed by atoms with E-state index in [0.29, 0.717) is 28.1 Å². The molecule has 3 aromatic rings. The molecule has 128 valence electrons. The Balaban J connectivity index is 1.90. The Kier molecular flexibility index (Phi) is 4.34. The van der Waals surface area contributed by atoms with Gasteiger partial charge in [0.25, 0.3) is 5.91 Å². The van der Waals surface area contributed by atoms with Crippen molar-refractivity contribution in [2.24, 2.45) is 0 Å². The average molecular weight is 342 g/mol. The number of carbonyl (C=O) groups is 1. The predicted molar refractivity (Wildman–Crippen MR) is 89.8 cm³/mol. The van der Waals surface area contributed by atoms with Crippen LogP contribution in [0.5, 0.6) is 5.75 Å². The number of nitrogens with two attached hydrogens (primary N) is 1. The number of nitrogens with one attached hydrogen (secondary N) is 1. The van der Waals surface area contributed by atoms with Gasteiger partial charge in [-0.2, -0.15) is 0 Å². The van der Waals surface area contributed by atoms with Crippen LogP contribution >= 0.6 is 0 Å². The molecule has 2 aromatic heterocycles. The van der Waals surface area contributed by atoms with Crippen LogP contribution in [0.25, 0.3) is 11.1 Å². The van der Waals surface area contributed by atoms with E-state index in [1.165, 1.54) is 31.6 Å². The summed E-state index contributed by atoms with van der Waals surface area (Å²) in [6, 6.07) is 7.31. The number of carbonyl (C=O) groups excluding carboxylic acids is 1. The van der Waals surface area contributed by atoms with E-state index in [0.717, 1.165) is 0 Å². The maximum atomic E-state index is 13.6. The number of aryl methyl sites for hydroxylation is 1. The summed E-state index contributed by atoms with van der Waals surface area (Å²) in [5, 5.41) is 6.26. The third kappa shape index (κ3) is 3.27. The molecule has 0 aliphatic rings. The Morgan fingerprint density at radius 3 is 2.72 bits per heavy atom. The minimum atomic E-state index is -0.421. The van der Waals surface area contributed by atoms with Gasteiger partial charge in [0.05, 0.1) is 12.8 Å². The smallest absolute Gasteiger partial charge is 0.262 e. The van der Waals surface area contributed by atoms with E-state index in [2.05, 4.69) is 15.5 Å². The topological polar surface area (TPSA) is 103 Å². The van der Waals surface area contributed by atoms with Crippen molar-refractivity contribution in [2.75, 3.05) is 18.2 Å². The van der Waals surface area contributed by atoms with Crippen molar-refractivity contribution >= 4 is 17.5 Å². The van der Waals surface area contributed by atoms with Gasteiger partial charge in [0.15, 0.2) is 0 Å². The summed E-state index contributed by atoms with van der Waals surface area (Å²) in [6.45, 7) is 1.65. The van der Waals surface area contributed by atoms with Crippen LogP contribution in [0.3, 0.4) is 0 Å². The van der Waals surface area contributed by atoms with E-state index < -0.39 is 11.7 Å². The molecule has 0 atom stereocenters. The van der Waals surface area contributed by atoms with E-state index in [9.17, 15) is 9.18 Å². The number of ether oxygens (including phenoxy) is 1. The first-order chi connectivity index (χ1) is 12.0. The number of halogens is 1. The molecule has 1 amide bonds. The molecular weight excluding hydrogens is 327 g/mol. The molecule has 1 aromatic carbocycles. The monoisotopic (exact) mass is 342 g/mol. The molecule has 0 unspecified atom stereocenters. The lowest BCUT2D eigenvalue weighted by Gasteiger charge is -2.12. The Morgan fingerprint density at radius 2 is 2.08 bits per heavy atom. The summed E-state index contributed by atoms with van der Waals surface area (Å²) in [4.78, 5) is 16.3. The molecule has 7 nitrogen and oxygen atoms in total. The fraction of sp³-hybridized carbons (Fsp3) is 0.118. The Hall–Kier alpha value is -3.42. The zero-order valence-electron chi connectivity index (χ0n) is 13.5. The van der Waals surface area contributed by atoms with Crippen LogP contribution in [0.1, 0.15) is 16.1 Å². The van der Waals surface area contributed by atoms with Crippen LogP contribution in [0.4, 0.5) is 16.0 Å². The molecule has 0 spiro atoms. The number of pyridine rings is 1. The first-order valence-corrected chi connectivity index (χ1v) is 7.32. The van der Waals surface area contributed by atoms with Gasteiger partial charge in [0.2, 0.25) is 0 Å². The Bertz CT molecular complexity index is 939. The highest BCUT2D eigenvalue weighted by atomic mass is 19.1. The molecule has 0 radical (unpaired) electrons. The molecule has 0 aliphatic heterocycles. The molecule has 25 heavy (non-hydrogen) atoms. The minimum absolute atomic E-state index is 0.128. The van der Waals surface area contributed by atoms with Crippen molar-refractivity contribution in [1.29, 1.82) is 0 Å². The highest BCUT2D eigenvalue weighted by molar-refractivity contribution is 6.04. The number of benzene rings is 1. The van der Waals surface area contributed by atoms with Crippen LogP contribution in [0.2, 0.25) is 0 Å². The van der Waals surface area contributed by atoms with Crippen molar-refractivity contribution in [1.82, 2.24) is 10.1 Å². The summed E-state index contributed by atoms with van der Waals surface area (Å²) in [6.07, 6.45) is 1.25. The van der Waals surface area contributed by atoms with Gasteiger partial charge < -0.3 is 20.3 Å². The second-order valence-corrected chi connectivity index (χ2v) is 5.24. The van der Waals surface area contributed by atoms with Crippen molar-refractivity contribution < 1.29 is 18.4 Å². The second kappa shape index (κ2) is 6.60. The molecule has 0 saturated carbocycles. The molecular formula is C17H15FN4O3. The van der Waals surface area contributed by atoms with Gasteiger partial charge in [-0.15, -0.1) is 0 Å². The molecule has 2 heterocycles. The Morgan fingerprint density at radius 1 is 1.28 bits per heavy atom. The van der Waals surface area contributed by atoms with Crippen LogP contribution in [0, 0.1) is 12.7 Å². The normalized spacial score (nSPS) is 10.5. The predicted octanol–water partition coefficient (Wildman–Crippen LogP) is 3.03. The summed E-state index contributed by atoms with van der Waals surface area (Å²) < 4.78 is 23.5. The van der Waals surface area contributed by atoms with Crippen molar-refractivity contribution in [3.05, 3.63) is 53.7 Å². The molecule has 0 saturated heterocycles. The first-order valence-electron chi connectivity index (χ1n) is 7.32. The highest BCUT2D eigenvalue weighted by Crippen LogP contribution is 2.34. The Labute approximate surface area is 142 Å². The van der Waals surface area contributed by atoms with Crippen molar-refractivity contribution in [2.45, 2.75) is 6.92 Å². The van der Waals surface area contributed by atoms with E-state index >= 15 is 0 Å². The van der Waals surface area contributed by atoms with E-state index in [4.69, 9.17) is 15.0 Å². The van der Waals surface area contributed by atoms with E-state index in [-0.39, 0.29) is 11.6 Å². The summed E-state index contributed by atoms with van der Waals surface area (Å²) in [5.74, 6) is 0.00925. The maximum Gasteiger partial charge on any atom is 0.262 e. The number of hydrogen-bond donors (Lipinski definition) is 2.